The van der Waals surface area contributed by atoms with Crippen molar-refractivity contribution >= 4 is 0 Å². The van der Waals surface area contributed by atoms with Crippen molar-refractivity contribution in [3.63, 3.8) is 0 Å². The van der Waals surface area contributed by atoms with Gasteiger partial charge in [-0.3, -0.25) is 0 Å². The van der Waals surface area contributed by atoms with Gasteiger partial charge < -0.3 is 0 Å². The lowest BCUT2D eigenvalue weighted by Gasteiger charge is -2.12. The van der Waals surface area contributed by atoms with E-state index in [9.17, 15) is 4.39 Å². The number of hydrogen-bond acceptors (Lipinski definition) is 3. The van der Waals surface area contributed by atoms with Gasteiger partial charge in [0, 0.05) is 11.1 Å². The second-order valence-electron chi connectivity index (χ2n) is 7.06. The normalized spacial score (nSPS) is 10.7. The number of rotatable bonds is 4. The first-order valence-corrected chi connectivity index (χ1v) is 10.0. The molecule has 148 valence electrons. The van der Waals surface area contributed by atoms with E-state index in [2.05, 4.69) is 22.1 Å². The number of benzene rings is 4. The van der Waals surface area contributed by atoms with Crippen molar-refractivity contribution in [1.29, 1.82) is 0 Å². The van der Waals surface area contributed by atoms with Gasteiger partial charge in [-0.2, -0.15) is 0 Å². The summed E-state index contributed by atoms with van der Waals surface area (Å²) >= 11 is 0. The van der Waals surface area contributed by atoms with Crippen LogP contribution in [0.3, 0.4) is 0 Å². The molecule has 3 nitrogen and oxygen atoms in total. The second-order valence-corrected chi connectivity index (χ2v) is 7.06. The van der Waals surface area contributed by atoms with E-state index in [-0.39, 0.29) is 5.82 Å². The summed E-state index contributed by atoms with van der Waals surface area (Å²) in [4.78, 5) is 14.1. The minimum Gasteiger partial charge on any atom is -0.208 e. The largest absolute Gasteiger partial charge is 0.208 e. The molecule has 4 heteroatoms. The third-order valence-electron chi connectivity index (χ3n) is 5.03. The van der Waals surface area contributed by atoms with Gasteiger partial charge in [-0.25, -0.2) is 19.3 Å². The van der Waals surface area contributed by atoms with Crippen molar-refractivity contribution < 1.29 is 4.39 Å². The average molecular weight is 403 g/mol. The summed E-state index contributed by atoms with van der Waals surface area (Å²) in [5.74, 6) is 0.957. The van der Waals surface area contributed by atoms with E-state index in [1.807, 2.05) is 72.8 Å². The Morgan fingerprint density at radius 1 is 0.387 bits per heavy atom. The Balaban J connectivity index is 1.75. The Morgan fingerprint density at radius 2 is 0.839 bits per heavy atom. The molecule has 31 heavy (non-hydrogen) atoms. The molecule has 0 radical (unpaired) electrons. The van der Waals surface area contributed by atoms with Crippen LogP contribution in [0.4, 0.5) is 4.39 Å². The third kappa shape index (κ3) is 3.83. The molecule has 0 saturated carbocycles. The molecule has 0 unspecified atom stereocenters. The highest BCUT2D eigenvalue weighted by atomic mass is 19.1. The fourth-order valence-corrected chi connectivity index (χ4v) is 3.52. The van der Waals surface area contributed by atoms with E-state index in [4.69, 9.17) is 4.98 Å². The Hall–Kier alpha value is -4.18. The molecule has 5 rings (SSSR count). The predicted octanol–water partition coefficient (Wildman–Crippen LogP) is 6.68. The molecular formula is C27H18FN3. The Labute approximate surface area is 179 Å². The molecule has 1 aromatic heterocycles. The standard InChI is InChI=1S/C27H18FN3/c28-24-18-10-9-17-23(24)27-30-25(20-13-5-2-6-14-20)29-26(31-27)22-16-8-7-15-21(22)19-11-3-1-4-12-19/h1-18H. The van der Waals surface area contributed by atoms with Crippen LogP contribution in [-0.4, -0.2) is 15.0 Å². The molecule has 0 aliphatic carbocycles. The van der Waals surface area contributed by atoms with Gasteiger partial charge in [-0.15, -0.1) is 0 Å². The van der Waals surface area contributed by atoms with Gasteiger partial charge >= 0.3 is 0 Å². The smallest absolute Gasteiger partial charge is 0.167 e. The van der Waals surface area contributed by atoms with Crippen molar-refractivity contribution in [2.45, 2.75) is 0 Å². The molecule has 0 aliphatic heterocycles. The Bertz CT molecular complexity index is 1340. The van der Waals surface area contributed by atoms with Gasteiger partial charge in [-0.1, -0.05) is 97.1 Å². The highest BCUT2D eigenvalue weighted by molar-refractivity contribution is 5.81. The van der Waals surface area contributed by atoms with Gasteiger partial charge in [-0.05, 0) is 23.3 Å². The van der Waals surface area contributed by atoms with Crippen molar-refractivity contribution in [2.24, 2.45) is 0 Å². The first-order chi connectivity index (χ1) is 15.3. The van der Waals surface area contributed by atoms with Gasteiger partial charge in [0.1, 0.15) is 5.82 Å². The maximum absolute atomic E-state index is 14.6. The zero-order chi connectivity index (χ0) is 21.0. The summed E-state index contributed by atoms with van der Waals surface area (Å²) in [7, 11) is 0. The summed E-state index contributed by atoms with van der Waals surface area (Å²) < 4.78 is 14.6. The lowest BCUT2D eigenvalue weighted by Crippen LogP contribution is -2.02. The van der Waals surface area contributed by atoms with E-state index < -0.39 is 0 Å². The summed E-state index contributed by atoms with van der Waals surface area (Å²) in [6.45, 7) is 0. The Morgan fingerprint density at radius 3 is 1.48 bits per heavy atom. The van der Waals surface area contributed by atoms with Crippen molar-refractivity contribution in [2.75, 3.05) is 0 Å². The SMILES string of the molecule is Fc1ccccc1-c1nc(-c2ccccc2)nc(-c2ccccc2-c2ccccc2)n1. The number of hydrogen-bond donors (Lipinski definition) is 0. The average Bonchev–Trinajstić information content (AvgIpc) is 2.85. The molecule has 0 N–H and O–H groups in total. The van der Waals surface area contributed by atoms with E-state index >= 15 is 0 Å². The van der Waals surface area contributed by atoms with E-state index in [0.717, 1.165) is 22.3 Å². The predicted molar refractivity (Wildman–Crippen MR) is 122 cm³/mol. The molecule has 5 aromatic rings. The highest BCUT2D eigenvalue weighted by Gasteiger charge is 2.16. The van der Waals surface area contributed by atoms with E-state index in [0.29, 0.717) is 23.0 Å². The molecule has 0 atom stereocenters. The maximum atomic E-state index is 14.6. The fourth-order valence-electron chi connectivity index (χ4n) is 3.52. The molecule has 4 aromatic carbocycles. The van der Waals surface area contributed by atoms with Crippen LogP contribution in [0.1, 0.15) is 0 Å². The lowest BCUT2D eigenvalue weighted by atomic mass is 9.99. The molecule has 0 aliphatic rings. The van der Waals surface area contributed by atoms with Crippen LogP contribution in [0.25, 0.3) is 45.3 Å². The molecule has 0 saturated heterocycles. The second kappa shape index (κ2) is 8.28. The fraction of sp³-hybridized carbons (Fsp3) is 0. The third-order valence-corrected chi connectivity index (χ3v) is 5.03. The minimum absolute atomic E-state index is 0.310. The van der Waals surface area contributed by atoms with Crippen molar-refractivity contribution in [1.82, 2.24) is 15.0 Å². The van der Waals surface area contributed by atoms with Gasteiger partial charge in [0.2, 0.25) is 0 Å². The van der Waals surface area contributed by atoms with E-state index in [1.165, 1.54) is 6.07 Å². The molecule has 0 amide bonds. The van der Waals surface area contributed by atoms with Crippen LogP contribution in [0.15, 0.2) is 109 Å². The summed E-state index contributed by atoms with van der Waals surface area (Å²) in [5, 5.41) is 0. The molecule has 0 fully saturated rings. The lowest BCUT2D eigenvalue weighted by molar-refractivity contribution is 0.630. The van der Waals surface area contributed by atoms with Crippen molar-refractivity contribution in [3.8, 4) is 45.3 Å². The molecule has 0 bridgehead atoms. The monoisotopic (exact) mass is 403 g/mol. The molecule has 1 heterocycles. The van der Waals surface area contributed by atoms with Crippen LogP contribution >= 0.6 is 0 Å². The van der Waals surface area contributed by atoms with Crippen LogP contribution in [0, 0.1) is 5.82 Å². The Kier molecular flexibility index (Phi) is 5.03. The first-order valence-electron chi connectivity index (χ1n) is 10.0. The minimum atomic E-state index is -0.366. The quantitative estimate of drug-likeness (QED) is 0.336. The first kappa shape index (κ1) is 18.8. The van der Waals surface area contributed by atoms with Crippen LogP contribution in [-0.2, 0) is 0 Å². The molecular weight excluding hydrogens is 385 g/mol. The van der Waals surface area contributed by atoms with Gasteiger partial charge in [0.15, 0.2) is 17.5 Å². The van der Waals surface area contributed by atoms with Crippen molar-refractivity contribution in [3.05, 3.63) is 115 Å². The zero-order valence-electron chi connectivity index (χ0n) is 16.6. The number of nitrogens with zero attached hydrogens (tertiary/aromatic N) is 3. The zero-order valence-corrected chi connectivity index (χ0v) is 16.6. The maximum Gasteiger partial charge on any atom is 0.167 e. The van der Waals surface area contributed by atoms with E-state index in [1.54, 1.807) is 18.2 Å². The summed E-state index contributed by atoms with van der Waals surface area (Å²) in [6.07, 6.45) is 0. The highest BCUT2D eigenvalue weighted by Crippen LogP contribution is 2.32. The summed E-state index contributed by atoms with van der Waals surface area (Å²) in [6, 6.07) is 34.3. The van der Waals surface area contributed by atoms with Gasteiger partial charge in [0.05, 0.1) is 5.56 Å². The molecule has 0 spiro atoms. The van der Waals surface area contributed by atoms with Crippen LogP contribution in [0.2, 0.25) is 0 Å². The number of halogens is 1. The van der Waals surface area contributed by atoms with Gasteiger partial charge in [0.25, 0.3) is 0 Å². The number of aromatic nitrogens is 3. The summed E-state index contributed by atoms with van der Waals surface area (Å²) in [5.41, 5.74) is 4.13. The topological polar surface area (TPSA) is 38.7 Å². The van der Waals surface area contributed by atoms with Crippen LogP contribution < -0.4 is 0 Å². The van der Waals surface area contributed by atoms with Crippen LogP contribution in [0.5, 0.6) is 0 Å².